The lowest BCUT2D eigenvalue weighted by Gasteiger charge is -2.34. The summed E-state index contributed by atoms with van der Waals surface area (Å²) in [4.78, 5) is 60.7. The standard InChI is InChI=1S/C46H50F3N11O10S/c1-27(2)59-14-18-70-42-35(48)21-28(22-39(42)59)41-36(49)25-51-46(55-41)53-29-3-5-31(6-4-29)71(65,66)52-11-16-69-26-30-9-12-58(57-56-30)13-17-68-20-19-67-15-10-50-37-24-33-32(23-34(37)47)44(63)60(45(33)64)38-7-8-40(61)54-43(38)62/h3-6,9,12,21-25,27,30,38,50,52H,7-8,10-11,13-20,26H2,1-2H3,(H,51,53,55)(H,54,61,62). The summed E-state index contributed by atoms with van der Waals surface area (Å²) in [6, 6.07) is 9.29. The summed E-state index contributed by atoms with van der Waals surface area (Å²) in [6.07, 6.45) is 4.46. The van der Waals surface area contributed by atoms with Gasteiger partial charge in [-0.05, 0) is 74.9 Å². The highest BCUT2D eigenvalue weighted by atomic mass is 32.2. The SMILES string of the molecule is CC(C)N1CCOc2c(F)cc(-c3nc(Nc4ccc(S(=O)(=O)NCCOCC5C=CN(CCOCCOCCNc6cc7c(cc6F)C(=O)N(C6CCC(=O)NC6=O)C7=O)N=N5)cc4)ncc3F)cc21. The first-order valence-electron chi connectivity index (χ1n) is 22.7. The minimum absolute atomic E-state index is 0.00566. The first kappa shape index (κ1) is 50.3. The smallest absolute Gasteiger partial charge is 0.262 e. The van der Waals surface area contributed by atoms with Crippen molar-refractivity contribution in [1.82, 2.24) is 29.9 Å². The van der Waals surface area contributed by atoms with Gasteiger partial charge in [-0.25, -0.2) is 36.3 Å². The van der Waals surface area contributed by atoms with Crippen LogP contribution in [0.3, 0.4) is 0 Å². The van der Waals surface area contributed by atoms with Gasteiger partial charge < -0.3 is 34.5 Å². The minimum Gasteiger partial charge on any atom is -0.486 e. The van der Waals surface area contributed by atoms with Crippen LogP contribution in [0.4, 0.5) is 36.2 Å². The maximum absolute atomic E-state index is 15.1. The lowest BCUT2D eigenvalue weighted by molar-refractivity contribution is -0.136. The number of amides is 4. The number of nitrogens with zero attached hydrogens (tertiary/aromatic N) is 7. The molecule has 4 aliphatic heterocycles. The van der Waals surface area contributed by atoms with Crippen LogP contribution in [-0.4, -0.2) is 142 Å². The van der Waals surface area contributed by atoms with Gasteiger partial charge in [0.1, 0.15) is 30.2 Å². The van der Waals surface area contributed by atoms with Gasteiger partial charge in [-0.1, -0.05) is 5.22 Å². The molecule has 1 aromatic heterocycles. The van der Waals surface area contributed by atoms with Crippen LogP contribution in [0.15, 0.2) is 82.2 Å². The molecule has 4 amide bonds. The number of rotatable bonds is 22. The van der Waals surface area contributed by atoms with Gasteiger partial charge in [0.15, 0.2) is 17.4 Å². The number of sulfonamides is 1. The molecule has 1 fully saturated rings. The van der Waals surface area contributed by atoms with Crippen molar-refractivity contribution >= 4 is 56.7 Å². The predicted octanol–water partition coefficient (Wildman–Crippen LogP) is 4.32. The Morgan fingerprint density at radius 2 is 1.63 bits per heavy atom. The molecule has 376 valence electrons. The number of aromatic nitrogens is 2. The summed E-state index contributed by atoms with van der Waals surface area (Å²) < 4.78 is 95.7. The zero-order chi connectivity index (χ0) is 50.2. The van der Waals surface area contributed by atoms with Crippen molar-refractivity contribution in [3.05, 3.63) is 95.6 Å². The van der Waals surface area contributed by atoms with Gasteiger partial charge in [0.25, 0.3) is 11.8 Å². The lowest BCUT2D eigenvalue weighted by atomic mass is 10.0. The predicted molar refractivity (Wildman–Crippen MR) is 249 cm³/mol. The summed E-state index contributed by atoms with van der Waals surface area (Å²) in [5.74, 6) is -4.80. The summed E-state index contributed by atoms with van der Waals surface area (Å²) in [6.45, 7) is 6.62. The van der Waals surface area contributed by atoms with Gasteiger partial charge in [-0.3, -0.25) is 34.4 Å². The number of imide groups is 2. The van der Waals surface area contributed by atoms with Crippen LogP contribution < -0.4 is 30.3 Å². The van der Waals surface area contributed by atoms with Gasteiger partial charge in [-0.2, -0.15) is 5.11 Å². The number of carbonyl (C=O) groups excluding carboxylic acids is 4. The largest absolute Gasteiger partial charge is 0.486 e. The second-order valence-electron chi connectivity index (χ2n) is 16.7. The molecule has 0 saturated carbocycles. The van der Waals surface area contributed by atoms with E-state index in [1.54, 1.807) is 23.4 Å². The number of carbonyl (C=O) groups is 4. The topological polar surface area (TPSA) is 248 Å². The second-order valence-corrected chi connectivity index (χ2v) is 18.5. The Bertz CT molecular complexity index is 2830. The number of nitrogens with one attached hydrogen (secondary N) is 4. The number of hydrogen-bond acceptors (Lipinski definition) is 18. The molecule has 2 unspecified atom stereocenters. The van der Waals surface area contributed by atoms with E-state index in [1.807, 2.05) is 18.7 Å². The van der Waals surface area contributed by atoms with Crippen LogP contribution in [0.25, 0.3) is 11.3 Å². The number of hydrogen-bond donors (Lipinski definition) is 4. The molecule has 25 heteroatoms. The third-order valence-corrected chi connectivity index (χ3v) is 13.0. The number of halogens is 3. The number of ether oxygens (including phenoxy) is 4. The average molecular weight is 1010 g/mol. The van der Waals surface area contributed by atoms with E-state index in [1.165, 1.54) is 36.4 Å². The molecule has 3 aromatic carbocycles. The molecule has 0 aliphatic carbocycles. The van der Waals surface area contributed by atoms with E-state index in [0.717, 1.165) is 17.2 Å². The molecule has 1 saturated heterocycles. The molecule has 4 aromatic rings. The highest BCUT2D eigenvalue weighted by Gasteiger charge is 2.45. The number of anilines is 4. The van der Waals surface area contributed by atoms with Gasteiger partial charge in [0.05, 0.1) is 86.3 Å². The van der Waals surface area contributed by atoms with E-state index < -0.39 is 57.1 Å². The van der Waals surface area contributed by atoms with Crippen molar-refractivity contribution in [2.24, 2.45) is 10.3 Å². The third-order valence-electron chi connectivity index (χ3n) is 11.5. The number of piperidine rings is 1. The monoisotopic (exact) mass is 1010 g/mol. The van der Waals surface area contributed by atoms with Crippen molar-refractivity contribution in [3.63, 3.8) is 0 Å². The summed E-state index contributed by atoms with van der Waals surface area (Å²) >= 11 is 0. The Kier molecular flexibility index (Phi) is 15.8. The van der Waals surface area contributed by atoms with Crippen molar-refractivity contribution in [2.45, 2.75) is 49.7 Å². The Labute approximate surface area is 405 Å². The lowest BCUT2D eigenvalue weighted by Crippen LogP contribution is -2.54. The van der Waals surface area contributed by atoms with Crippen molar-refractivity contribution in [1.29, 1.82) is 0 Å². The summed E-state index contributed by atoms with van der Waals surface area (Å²) in [5.41, 5.74) is 0.801. The Hall–Kier alpha value is -7.06. The fourth-order valence-electron chi connectivity index (χ4n) is 7.96. The maximum atomic E-state index is 15.1. The Balaban J connectivity index is 0.682. The van der Waals surface area contributed by atoms with Crippen molar-refractivity contribution in [2.75, 3.05) is 88.0 Å². The van der Waals surface area contributed by atoms with E-state index >= 15 is 8.78 Å². The molecule has 71 heavy (non-hydrogen) atoms. The van der Waals surface area contributed by atoms with E-state index in [0.29, 0.717) is 37.7 Å². The van der Waals surface area contributed by atoms with E-state index in [2.05, 4.69) is 41.0 Å². The number of fused-ring (bicyclic) bond motifs is 2. The Morgan fingerprint density at radius 3 is 2.37 bits per heavy atom. The van der Waals surface area contributed by atoms with Crippen LogP contribution in [0.5, 0.6) is 5.75 Å². The van der Waals surface area contributed by atoms with Crippen LogP contribution >= 0.6 is 0 Å². The summed E-state index contributed by atoms with van der Waals surface area (Å²) in [7, 11) is -3.90. The number of benzene rings is 3. The molecule has 0 bridgehead atoms. The molecule has 5 heterocycles. The molecule has 4 N–H and O–H groups in total. The molecule has 8 rings (SSSR count). The van der Waals surface area contributed by atoms with Crippen LogP contribution in [0.1, 0.15) is 47.4 Å². The van der Waals surface area contributed by atoms with Gasteiger partial charge in [-0.15, -0.1) is 0 Å². The fraction of sp³-hybridized carbons (Fsp3) is 0.391. The van der Waals surface area contributed by atoms with E-state index in [9.17, 15) is 32.0 Å². The normalized spacial score (nSPS) is 17.7. The third kappa shape index (κ3) is 11.9. The van der Waals surface area contributed by atoms with E-state index in [4.69, 9.17) is 18.9 Å². The maximum Gasteiger partial charge on any atom is 0.262 e. The Morgan fingerprint density at radius 1 is 0.887 bits per heavy atom. The average Bonchev–Trinajstić information content (AvgIpc) is 3.58. The van der Waals surface area contributed by atoms with Crippen LogP contribution in [0, 0.1) is 17.5 Å². The molecule has 0 spiro atoms. The van der Waals surface area contributed by atoms with Gasteiger partial charge in [0, 0.05) is 43.0 Å². The van der Waals surface area contributed by atoms with Crippen LogP contribution in [-0.2, 0) is 33.8 Å². The minimum atomic E-state index is -3.90. The molecule has 21 nitrogen and oxygen atoms in total. The van der Waals surface area contributed by atoms with Gasteiger partial charge >= 0.3 is 0 Å². The second kappa shape index (κ2) is 22.4. The molecular formula is C46H50F3N11O10S. The molecule has 2 atom stereocenters. The highest BCUT2D eigenvalue weighted by molar-refractivity contribution is 7.89. The quantitative estimate of drug-likeness (QED) is 0.0633. The van der Waals surface area contributed by atoms with Crippen LogP contribution in [0.2, 0.25) is 0 Å². The zero-order valence-electron chi connectivity index (χ0n) is 38.5. The molecular weight excluding hydrogens is 956 g/mol. The molecule has 4 aliphatic rings. The first-order valence-corrected chi connectivity index (χ1v) is 24.2. The summed E-state index contributed by atoms with van der Waals surface area (Å²) in [5, 5.41) is 17.8. The van der Waals surface area contributed by atoms with Gasteiger partial charge in [0.2, 0.25) is 27.8 Å². The molecule has 0 radical (unpaired) electrons. The van der Waals surface area contributed by atoms with Crippen molar-refractivity contribution in [3.8, 4) is 17.0 Å². The highest BCUT2D eigenvalue weighted by Crippen LogP contribution is 2.40. The van der Waals surface area contributed by atoms with Crippen molar-refractivity contribution < 1.29 is 59.7 Å². The zero-order valence-corrected chi connectivity index (χ0v) is 39.3. The first-order chi connectivity index (χ1) is 34.2. The fourth-order valence-corrected chi connectivity index (χ4v) is 8.97. The van der Waals surface area contributed by atoms with E-state index in [-0.39, 0.29) is 116 Å².